The maximum absolute atomic E-state index is 11.4. The number of nitrogen functional groups attached to an aromatic ring is 1. The minimum Gasteiger partial charge on any atom is -0.466 e. The average Bonchev–Trinajstić information content (AvgIpc) is 3.04. The van der Waals surface area contributed by atoms with E-state index in [0.717, 1.165) is 6.42 Å². The smallest absolute Gasteiger partial charge is 0.268 e. The molecule has 0 atom stereocenters. The van der Waals surface area contributed by atoms with Crippen molar-refractivity contribution < 1.29 is 13.9 Å². The average molecular weight is 266 g/mol. The summed E-state index contributed by atoms with van der Waals surface area (Å²) in [5, 5.41) is 2.03. The Kier molecular flexibility index (Phi) is 4.52. The molecule has 96 valence electrons. The lowest BCUT2D eigenvalue weighted by Crippen LogP contribution is -2.30. The van der Waals surface area contributed by atoms with Gasteiger partial charge in [-0.15, -0.1) is 11.3 Å². The van der Waals surface area contributed by atoms with Gasteiger partial charge in [-0.25, -0.2) is 5.84 Å². The molecule has 0 aromatic carbocycles. The highest BCUT2D eigenvalue weighted by Gasteiger charge is 2.13. The predicted molar refractivity (Wildman–Crippen MR) is 68.0 cm³/mol. The molecule has 0 bridgehead atoms. The van der Waals surface area contributed by atoms with Crippen molar-refractivity contribution in [3.8, 4) is 0 Å². The van der Waals surface area contributed by atoms with Crippen LogP contribution >= 0.6 is 11.3 Å². The summed E-state index contributed by atoms with van der Waals surface area (Å²) in [5.74, 6) is 5.19. The summed E-state index contributed by atoms with van der Waals surface area (Å²) in [6, 6.07) is 5.64. The van der Waals surface area contributed by atoms with Crippen LogP contribution in [0.1, 0.15) is 21.0 Å². The van der Waals surface area contributed by atoms with Crippen molar-refractivity contribution in [3.05, 3.63) is 46.0 Å². The number of hydrazine groups is 1. The van der Waals surface area contributed by atoms with E-state index < -0.39 is 0 Å². The Morgan fingerprint density at radius 1 is 1.50 bits per heavy atom. The molecule has 0 aliphatic rings. The summed E-state index contributed by atoms with van der Waals surface area (Å²) < 4.78 is 10.7. The van der Waals surface area contributed by atoms with E-state index >= 15 is 0 Å². The van der Waals surface area contributed by atoms with Crippen molar-refractivity contribution in [2.45, 2.75) is 13.0 Å². The van der Waals surface area contributed by atoms with Gasteiger partial charge in [0, 0.05) is 11.3 Å². The van der Waals surface area contributed by atoms with Crippen LogP contribution in [0, 0.1) is 0 Å². The highest BCUT2D eigenvalue weighted by Crippen LogP contribution is 2.13. The molecule has 18 heavy (non-hydrogen) atoms. The summed E-state index contributed by atoms with van der Waals surface area (Å²) in [6.07, 6.45) is 2.30. The third kappa shape index (κ3) is 3.19. The largest absolute Gasteiger partial charge is 0.466 e. The highest BCUT2D eigenvalue weighted by atomic mass is 32.1. The lowest BCUT2D eigenvalue weighted by atomic mass is 10.2. The molecule has 0 aliphatic heterocycles. The van der Waals surface area contributed by atoms with Crippen molar-refractivity contribution in [2.24, 2.45) is 5.84 Å². The van der Waals surface area contributed by atoms with E-state index in [-0.39, 0.29) is 12.5 Å². The summed E-state index contributed by atoms with van der Waals surface area (Å²) >= 11 is 1.70. The first-order chi connectivity index (χ1) is 8.81. The molecule has 2 aromatic heterocycles. The van der Waals surface area contributed by atoms with Crippen molar-refractivity contribution in [1.82, 2.24) is 5.43 Å². The van der Waals surface area contributed by atoms with Crippen molar-refractivity contribution >= 4 is 17.2 Å². The molecule has 1 amide bonds. The van der Waals surface area contributed by atoms with Crippen LogP contribution in [0.4, 0.5) is 0 Å². The standard InChI is InChI=1S/C12H14N2O3S/c13-14-12(15)10-4-6-17-11(10)8-16-5-3-9-2-1-7-18-9/h1-2,4,6-7H,3,5,8,13H2,(H,14,15). The number of nitrogens with two attached hydrogens (primary N) is 1. The zero-order valence-electron chi connectivity index (χ0n) is 9.72. The van der Waals surface area contributed by atoms with Crippen LogP contribution in [0.5, 0.6) is 0 Å². The molecule has 0 spiro atoms. The first kappa shape index (κ1) is 12.8. The fourth-order valence-electron chi connectivity index (χ4n) is 1.52. The lowest BCUT2D eigenvalue weighted by Gasteiger charge is -2.03. The Balaban J connectivity index is 1.80. The molecule has 0 unspecified atom stereocenters. The van der Waals surface area contributed by atoms with Gasteiger partial charge in [0.1, 0.15) is 12.4 Å². The summed E-state index contributed by atoms with van der Waals surface area (Å²) in [5.41, 5.74) is 2.48. The summed E-state index contributed by atoms with van der Waals surface area (Å²) in [4.78, 5) is 12.6. The summed E-state index contributed by atoms with van der Waals surface area (Å²) in [6.45, 7) is 0.853. The van der Waals surface area contributed by atoms with E-state index in [1.807, 2.05) is 11.4 Å². The van der Waals surface area contributed by atoms with Gasteiger partial charge in [0.15, 0.2) is 0 Å². The Labute approximate surface area is 109 Å². The lowest BCUT2D eigenvalue weighted by molar-refractivity contribution is 0.0922. The maximum Gasteiger partial charge on any atom is 0.268 e. The SMILES string of the molecule is NNC(=O)c1ccoc1COCCc1cccs1. The number of nitrogens with one attached hydrogen (secondary N) is 1. The monoisotopic (exact) mass is 266 g/mol. The molecule has 0 radical (unpaired) electrons. The van der Waals surface area contributed by atoms with Crippen LogP contribution in [0.2, 0.25) is 0 Å². The van der Waals surface area contributed by atoms with Gasteiger partial charge in [0.2, 0.25) is 0 Å². The van der Waals surface area contributed by atoms with E-state index in [1.165, 1.54) is 11.1 Å². The number of hydrogen-bond acceptors (Lipinski definition) is 5. The molecule has 0 fully saturated rings. The van der Waals surface area contributed by atoms with Crippen molar-refractivity contribution in [3.63, 3.8) is 0 Å². The zero-order chi connectivity index (χ0) is 12.8. The minimum absolute atomic E-state index is 0.265. The maximum atomic E-state index is 11.4. The third-order valence-corrected chi connectivity index (χ3v) is 3.36. The third-order valence-electron chi connectivity index (χ3n) is 2.43. The summed E-state index contributed by atoms with van der Waals surface area (Å²) in [7, 11) is 0. The molecule has 5 nitrogen and oxygen atoms in total. The number of ether oxygens (including phenoxy) is 1. The number of amides is 1. The second-order valence-corrected chi connectivity index (χ2v) is 4.65. The number of carbonyl (C=O) groups is 1. The van der Waals surface area contributed by atoms with Crippen LogP contribution in [0.3, 0.4) is 0 Å². The highest BCUT2D eigenvalue weighted by molar-refractivity contribution is 7.09. The van der Waals surface area contributed by atoms with Gasteiger partial charge >= 0.3 is 0 Å². The normalized spacial score (nSPS) is 10.5. The van der Waals surface area contributed by atoms with Gasteiger partial charge in [0.25, 0.3) is 5.91 Å². The Morgan fingerprint density at radius 3 is 3.11 bits per heavy atom. The van der Waals surface area contributed by atoms with Crippen LogP contribution in [-0.4, -0.2) is 12.5 Å². The van der Waals surface area contributed by atoms with E-state index in [9.17, 15) is 4.79 Å². The minimum atomic E-state index is -0.374. The zero-order valence-corrected chi connectivity index (χ0v) is 10.5. The number of thiophene rings is 1. The fraction of sp³-hybridized carbons (Fsp3) is 0.250. The molecule has 2 rings (SSSR count). The van der Waals surface area contributed by atoms with Crippen molar-refractivity contribution in [1.29, 1.82) is 0 Å². The second kappa shape index (κ2) is 6.34. The molecular formula is C12H14N2O3S. The Morgan fingerprint density at radius 2 is 2.39 bits per heavy atom. The second-order valence-electron chi connectivity index (χ2n) is 3.61. The first-order valence-electron chi connectivity index (χ1n) is 5.48. The molecule has 0 saturated carbocycles. The number of furan rings is 1. The van der Waals surface area contributed by atoms with Crippen molar-refractivity contribution in [2.75, 3.05) is 6.61 Å². The molecule has 2 heterocycles. The topological polar surface area (TPSA) is 77.5 Å². The molecular weight excluding hydrogens is 252 g/mol. The molecule has 0 aliphatic carbocycles. The van der Waals surface area contributed by atoms with E-state index in [1.54, 1.807) is 17.4 Å². The molecule has 3 N–H and O–H groups in total. The Bertz CT molecular complexity index is 493. The number of carbonyl (C=O) groups excluding carboxylic acids is 1. The van der Waals surface area contributed by atoms with Gasteiger partial charge in [0.05, 0.1) is 18.4 Å². The van der Waals surface area contributed by atoms with Crippen LogP contribution in [0.25, 0.3) is 0 Å². The van der Waals surface area contributed by atoms with Crippen LogP contribution in [-0.2, 0) is 17.8 Å². The molecule has 0 saturated heterocycles. The van der Waals surface area contributed by atoms with Crippen LogP contribution < -0.4 is 11.3 Å². The number of rotatable bonds is 6. The van der Waals surface area contributed by atoms with Gasteiger partial charge in [-0.3, -0.25) is 10.2 Å². The predicted octanol–water partition coefficient (Wildman–Crippen LogP) is 1.70. The van der Waals surface area contributed by atoms with Crippen LogP contribution in [0.15, 0.2) is 34.3 Å². The van der Waals surface area contributed by atoms with E-state index in [4.69, 9.17) is 15.0 Å². The molecule has 2 aromatic rings. The van der Waals surface area contributed by atoms with E-state index in [2.05, 4.69) is 11.5 Å². The fourth-order valence-corrected chi connectivity index (χ4v) is 2.22. The Hall–Kier alpha value is -1.63. The van der Waals surface area contributed by atoms with Gasteiger partial charge < -0.3 is 9.15 Å². The van der Waals surface area contributed by atoms with Gasteiger partial charge in [-0.2, -0.15) is 0 Å². The van der Waals surface area contributed by atoms with Gasteiger partial charge in [-0.05, 0) is 17.5 Å². The molecule has 6 heteroatoms. The quantitative estimate of drug-likeness (QED) is 0.361. The first-order valence-corrected chi connectivity index (χ1v) is 6.36. The number of hydrogen-bond donors (Lipinski definition) is 2. The van der Waals surface area contributed by atoms with Gasteiger partial charge in [-0.1, -0.05) is 6.07 Å². The van der Waals surface area contributed by atoms with E-state index in [0.29, 0.717) is 17.9 Å².